The Balaban J connectivity index is 1.63. The van der Waals surface area contributed by atoms with Crippen molar-refractivity contribution in [2.45, 2.75) is 39.0 Å². The Labute approximate surface area is 229 Å². The largest absolute Gasteiger partial charge is 0.416 e. The maximum Gasteiger partial charge on any atom is 0.416 e. The van der Waals surface area contributed by atoms with Gasteiger partial charge in [0.25, 0.3) is 0 Å². The van der Waals surface area contributed by atoms with E-state index in [1.165, 1.54) is 13.0 Å². The van der Waals surface area contributed by atoms with Gasteiger partial charge in [-0.2, -0.15) is 13.2 Å². The van der Waals surface area contributed by atoms with Crippen LogP contribution in [0, 0.1) is 13.8 Å². The van der Waals surface area contributed by atoms with Crippen LogP contribution >= 0.6 is 12.2 Å². The van der Waals surface area contributed by atoms with Gasteiger partial charge in [-0.1, -0.05) is 12.1 Å². The summed E-state index contributed by atoms with van der Waals surface area (Å²) in [6, 6.07) is 19.7. The van der Waals surface area contributed by atoms with Crippen LogP contribution in [-0.2, 0) is 11.0 Å². The van der Waals surface area contributed by atoms with Crippen molar-refractivity contribution < 1.29 is 18.0 Å². The molecule has 1 aliphatic heterocycles. The molecule has 0 unspecified atom stereocenters. The highest BCUT2D eigenvalue weighted by molar-refractivity contribution is 7.80. The second-order valence-corrected chi connectivity index (χ2v) is 9.82. The molecule has 1 fully saturated rings. The highest BCUT2D eigenvalue weighted by Gasteiger charge is 2.42. The fraction of sp³-hybridized carbons (Fsp3) is 0.207. The molecule has 10 heteroatoms. The number of carbonyl (C=O) groups is 1. The van der Waals surface area contributed by atoms with Crippen molar-refractivity contribution in [2.24, 2.45) is 0 Å². The number of nitrogens with zero attached hydrogens (tertiary/aromatic N) is 3. The number of halogens is 3. The standard InChI is InChI=1S/C29H26F3N5OS/c1-17-15-24(18(2)36(17)23-8-6-7-20(16-23)29(30,31)32)27-26(25-9-4-5-14-33-25)35-28(39)37(27)22-12-10-21(11-13-22)34-19(3)38/h4-16,26-27H,1-3H3,(H,34,38)(H,35,39)/t26-,27+/m0/s1. The lowest BCUT2D eigenvalue weighted by Gasteiger charge is -2.28. The number of hydrogen-bond donors (Lipinski definition) is 2. The first kappa shape index (κ1) is 26.4. The van der Waals surface area contributed by atoms with E-state index in [2.05, 4.69) is 15.6 Å². The molecule has 1 aliphatic rings. The Morgan fingerprint density at radius 2 is 1.74 bits per heavy atom. The lowest BCUT2D eigenvalue weighted by atomic mass is 9.96. The van der Waals surface area contributed by atoms with Crippen molar-refractivity contribution in [2.75, 3.05) is 10.2 Å². The predicted molar refractivity (Wildman–Crippen MR) is 149 cm³/mol. The zero-order valence-electron chi connectivity index (χ0n) is 21.5. The molecule has 3 heterocycles. The number of amides is 1. The summed E-state index contributed by atoms with van der Waals surface area (Å²) in [6.45, 7) is 5.22. The summed E-state index contributed by atoms with van der Waals surface area (Å²) in [5, 5.41) is 6.66. The van der Waals surface area contributed by atoms with Crippen LogP contribution in [0.1, 0.15) is 47.2 Å². The monoisotopic (exact) mass is 549 g/mol. The summed E-state index contributed by atoms with van der Waals surface area (Å²) in [6.07, 6.45) is -2.73. The minimum Gasteiger partial charge on any atom is -0.351 e. The molecule has 0 bridgehead atoms. The van der Waals surface area contributed by atoms with E-state index >= 15 is 0 Å². The van der Waals surface area contributed by atoms with Crippen LogP contribution in [0.4, 0.5) is 24.5 Å². The van der Waals surface area contributed by atoms with Gasteiger partial charge in [0, 0.05) is 41.6 Å². The van der Waals surface area contributed by atoms with Crippen molar-refractivity contribution in [3.8, 4) is 5.69 Å². The van der Waals surface area contributed by atoms with Crippen LogP contribution in [0.15, 0.2) is 79.0 Å². The lowest BCUT2D eigenvalue weighted by molar-refractivity contribution is -0.137. The van der Waals surface area contributed by atoms with E-state index in [4.69, 9.17) is 12.2 Å². The van der Waals surface area contributed by atoms with Gasteiger partial charge in [0.15, 0.2) is 5.11 Å². The lowest BCUT2D eigenvalue weighted by Crippen LogP contribution is -2.29. The number of hydrogen-bond acceptors (Lipinski definition) is 3. The molecule has 1 amide bonds. The molecule has 2 N–H and O–H groups in total. The van der Waals surface area contributed by atoms with E-state index < -0.39 is 11.7 Å². The quantitative estimate of drug-likeness (QED) is 0.273. The van der Waals surface area contributed by atoms with Crippen molar-refractivity contribution in [1.29, 1.82) is 0 Å². The van der Waals surface area contributed by atoms with Crippen LogP contribution in [0.2, 0.25) is 0 Å². The van der Waals surface area contributed by atoms with Crippen molar-refractivity contribution in [1.82, 2.24) is 14.9 Å². The average molecular weight is 550 g/mol. The first-order valence-electron chi connectivity index (χ1n) is 12.3. The van der Waals surface area contributed by atoms with Crippen LogP contribution < -0.4 is 15.5 Å². The number of anilines is 2. The van der Waals surface area contributed by atoms with Crippen LogP contribution in [0.3, 0.4) is 0 Å². The molecule has 2 aromatic carbocycles. The molecule has 0 spiro atoms. The predicted octanol–water partition coefficient (Wildman–Crippen LogP) is 6.64. The molecule has 4 aromatic rings. The van der Waals surface area contributed by atoms with Crippen LogP contribution in [-0.4, -0.2) is 20.6 Å². The normalized spacial score (nSPS) is 17.3. The number of alkyl halides is 3. The van der Waals surface area contributed by atoms with Gasteiger partial charge in [0.1, 0.15) is 0 Å². The summed E-state index contributed by atoms with van der Waals surface area (Å²) in [4.78, 5) is 18.0. The number of carbonyl (C=O) groups excluding carboxylic acids is 1. The molecule has 0 saturated carbocycles. The third-order valence-electron chi connectivity index (χ3n) is 6.78. The molecule has 0 aliphatic carbocycles. The summed E-state index contributed by atoms with van der Waals surface area (Å²) >= 11 is 5.80. The van der Waals surface area contributed by atoms with E-state index in [0.717, 1.165) is 40.5 Å². The number of benzene rings is 2. The van der Waals surface area contributed by atoms with Gasteiger partial charge in [-0.05, 0) is 92.3 Å². The molecule has 39 heavy (non-hydrogen) atoms. The second kappa shape index (κ2) is 10.2. The fourth-order valence-electron chi connectivity index (χ4n) is 5.16. The van der Waals surface area contributed by atoms with E-state index in [1.807, 2.05) is 59.7 Å². The zero-order chi connectivity index (χ0) is 27.9. The van der Waals surface area contributed by atoms with Gasteiger partial charge in [0.05, 0.1) is 23.3 Å². The summed E-state index contributed by atoms with van der Waals surface area (Å²) in [5.41, 5.74) is 4.46. The van der Waals surface area contributed by atoms with E-state index in [9.17, 15) is 18.0 Å². The molecule has 1 saturated heterocycles. The Hall–Kier alpha value is -4.18. The molecule has 5 rings (SSSR count). The topological polar surface area (TPSA) is 62.2 Å². The first-order chi connectivity index (χ1) is 18.5. The SMILES string of the molecule is CC(=O)Nc1ccc(N2C(=S)N[C@@H](c3ccccn3)[C@H]2c2cc(C)n(-c3cccc(C(F)(F)F)c3)c2C)cc1. The van der Waals surface area contributed by atoms with E-state index in [1.54, 1.807) is 24.4 Å². The number of aromatic nitrogens is 2. The molecule has 200 valence electrons. The number of nitrogens with one attached hydrogen (secondary N) is 2. The van der Waals surface area contributed by atoms with Crippen molar-refractivity contribution in [3.05, 3.63) is 107 Å². The number of aryl methyl sites for hydroxylation is 1. The third-order valence-corrected chi connectivity index (χ3v) is 7.10. The van der Waals surface area contributed by atoms with Gasteiger partial charge in [-0.3, -0.25) is 9.78 Å². The molecule has 2 atom stereocenters. The molecular weight excluding hydrogens is 523 g/mol. The first-order valence-corrected chi connectivity index (χ1v) is 12.7. The van der Waals surface area contributed by atoms with E-state index in [-0.39, 0.29) is 18.0 Å². The van der Waals surface area contributed by atoms with Gasteiger partial charge in [-0.25, -0.2) is 0 Å². The molecule has 6 nitrogen and oxygen atoms in total. The highest BCUT2D eigenvalue weighted by Crippen LogP contribution is 2.44. The minimum atomic E-state index is -4.44. The fourth-order valence-corrected chi connectivity index (χ4v) is 5.51. The maximum absolute atomic E-state index is 13.5. The van der Waals surface area contributed by atoms with Gasteiger partial charge < -0.3 is 20.1 Å². The Bertz CT molecular complexity index is 1530. The van der Waals surface area contributed by atoms with Crippen LogP contribution in [0.25, 0.3) is 5.69 Å². The van der Waals surface area contributed by atoms with Crippen molar-refractivity contribution >= 4 is 34.6 Å². The van der Waals surface area contributed by atoms with Crippen molar-refractivity contribution in [3.63, 3.8) is 0 Å². The molecule has 2 aromatic heterocycles. The summed E-state index contributed by atoms with van der Waals surface area (Å²) in [5.74, 6) is -0.170. The van der Waals surface area contributed by atoms with E-state index in [0.29, 0.717) is 16.5 Å². The van der Waals surface area contributed by atoms with Gasteiger partial charge in [-0.15, -0.1) is 0 Å². The molecular formula is C29H26F3N5OS. The third kappa shape index (κ3) is 5.12. The average Bonchev–Trinajstić information content (AvgIpc) is 3.39. The second-order valence-electron chi connectivity index (χ2n) is 9.43. The minimum absolute atomic E-state index is 0.170. The number of rotatable bonds is 5. The van der Waals surface area contributed by atoms with Gasteiger partial charge >= 0.3 is 6.18 Å². The summed E-state index contributed by atoms with van der Waals surface area (Å²) < 4.78 is 42.3. The highest BCUT2D eigenvalue weighted by atomic mass is 32.1. The zero-order valence-corrected chi connectivity index (χ0v) is 22.3. The summed E-state index contributed by atoms with van der Waals surface area (Å²) in [7, 11) is 0. The maximum atomic E-state index is 13.5. The number of thiocarbonyl (C=S) groups is 1. The smallest absolute Gasteiger partial charge is 0.351 e. The Morgan fingerprint density at radius 3 is 2.38 bits per heavy atom. The van der Waals surface area contributed by atoms with Crippen LogP contribution in [0.5, 0.6) is 0 Å². The number of pyridine rings is 1. The molecule has 0 radical (unpaired) electrons. The Morgan fingerprint density at radius 1 is 1.00 bits per heavy atom. The van der Waals surface area contributed by atoms with Gasteiger partial charge in [0.2, 0.25) is 5.91 Å². The Kier molecular flexibility index (Phi) is 6.90.